The molecule has 94 valence electrons. The molecule has 4 nitrogen and oxygen atoms in total. The van der Waals surface area contributed by atoms with Gasteiger partial charge in [0, 0.05) is 25.2 Å². The van der Waals surface area contributed by atoms with Crippen molar-refractivity contribution >= 4 is 5.91 Å². The molecule has 0 aromatic rings. The molecule has 1 amide bonds. The van der Waals surface area contributed by atoms with Gasteiger partial charge in [-0.15, -0.1) is 0 Å². The van der Waals surface area contributed by atoms with E-state index in [1.807, 2.05) is 19.0 Å². The average Bonchev–Trinajstić information content (AvgIpc) is 2.28. The zero-order chi connectivity index (χ0) is 12.1. The lowest BCUT2D eigenvalue weighted by Crippen LogP contribution is -2.50. The SMILES string of the molecule is CNC1CCCN(C(=O)CN(C)C(C)C)C1. The van der Waals surface area contributed by atoms with Crippen molar-refractivity contribution in [2.24, 2.45) is 0 Å². The van der Waals surface area contributed by atoms with Crippen molar-refractivity contribution in [3.05, 3.63) is 0 Å². The van der Waals surface area contributed by atoms with Crippen LogP contribution in [0.4, 0.5) is 0 Å². The molecule has 1 saturated heterocycles. The Labute approximate surface area is 99.0 Å². The Balaban J connectivity index is 2.41. The maximum atomic E-state index is 12.0. The molecule has 0 aromatic heterocycles. The summed E-state index contributed by atoms with van der Waals surface area (Å²) < 4.78 is 0. The first kappa shape index (κ1) is 13.5. The van der Waals surface area contributed by atoms with Crippen molar-refractivity contribution in [3.8, 4) is 0 Å². The van der Waals surface area contributed by atoms with Gasteiger partial charge in [0.2, 0.25) is 5.91 Å². The highest BCUT2D eigenvalue weighted by Crippen LogP contribution is 2.10. The zero-order valence-corrected chi connectivity index (χ0v) is 11.0. The topological polar surface area (TPSA) is 35.6 Å². The molecular formula is C12H25N3O. The van der Waals surface area contributed by atoms with Gasteiger partial charge in [0.1, 0.15) is 0 Å². The van der Waals surface area contributed by atoms with Gasteiger partial charge in [-0.3, -0.25) is 9.69 Å². The second-order valence-electron chi connectivity index (χ2n) is 4.98. The molecule has 4 heteroatoms. The van der Waals surface area contributed by atoms with E-state index in [4.69, 9.17) is 0 Å². The number of hydrogen-bond acceptors (Lipinski definition) is 3. The van der Waals surface area contributed by atoms with Crippen molar-refractivity contribution in [3.63, 3.8) is 0 Å². The fourth-order valence-electron chi connectivity index (χ4n) is 1.94. The van der Waals surface area contributed by atoms with Crippen LogP contribution in [0.1, 0.15) is 26.7 Å². The van der Waals surface area contributed by atoms with Crippen LogP contribution < -0.4 is 5.32 Å². The quantitative estimate of drug-likeness (QED) is 0.761. The largest absolute Gasteiger partial charge is 0.340 e. The summed E-state index contributed by atoms with van der Waals surface area (Å²) in [6.07, 6.45) is 2.29. The molecule has 16 heavy (non-hydrogen) atoms. The summed E-state index contributed by atoms with van der Waals surface area (Å²) in [5.41, 5.74) is 0. The lowest BCUT2D eigenvalue weighted by molar-refractivity contribution is -0.133. The molecule has 1 fully saturated rings. The van der Waals surface area contributed by atoms with Gasteiger partial charge < -0.3 is 10.2 Å². The van der Waals surface area contributed by atoms with Crippen molar-refractivity contribution in [2.45, 2.75) is 38.8 Å². The number of carbonyl (C=O) groups is 1. The normalized spacial score (nSPS) is 21.9. The lowest BCUT2D eigenvalue weighted by atomic mass is 10.1. The van der Waals surface area contributed by atoms with E-state index in [-0.39, 0.29) is 5.91 Å². The molecule has 1 N–H and O–H groups in total. The van der Waals surface area contributed by atoms with Gasteiger partial charge in [-0.1, -0.05) is 0 Å². The van der Waals surface area contributed by atoms with E-state index >= 15 is 0 Å². The predicted molar refractivity (Wildman–Crippen MR) is 66.4 cm³/mol. The second kappa shape index (κ2) is 6.21. The summed E-state index contributed by atoms with van der Waals surface area (Å²) in [5.74, 6) is 0.260. The average molecular weight is 227 g/mol. The molecular weight excluding hydrogens is 202 g/mol. The van der Waals surface area contributed by atoms with Gasteiger partial charge in [-0.05, 0) is 40.8 Å². The molecule has 1 rings (SSSR count). The Bertz CT molecular complexity index is 230. The van der Waals surface area contributed by atoms with Gasteiger partial charge in [0.15, 0.2) is 0 Å². The summed E-state index contributed by atoms with van der Waals surface area (Å²) in [6, 6.07) is 0.899. The first-order valence-corrected chi connectivity index (χ1v) is 6.20. The highest BCUT2D eigenvalue weighted by Gasteiger charge is 2.23. The van der Waals surface area contributed by atoms with Gasteiger partial charge >= 0.3 is 0 Å². The van der Waals surface area contributed by atoms with Crippen LogP contribution in [0.25, 0.3) is 0 Å². The molecule has 1 aliphatic heterocycles. The third-order valence-corrected chi connectivity index (χ3v) is 3.45. The first-order valence-electron chi connectivity index (χ1n) is 6.20. The van der Waals surface area contributed by atoms with Crippen molar-refractivity contribution in [1.82, 2.24) is 15.1 Å². The van der Waals surface area contributed by atoms with Crippen LogP contribution in [-0.2, 0) is 4.79 Å². The van der Waals surface area contributed by atoms with Gasteiger partial charge in [0.05, 0.1) is 6.54 Å². The number of likely N-dealkylation sites (tertiary alicyclic amines) is 1. The molecule has 1 unspecified atom stereocenters. The molecule has 1 heterocycles. The molecule has 1 atom stereocenters. The third kappa shape index (κ3) is 3.76. The Morgan fingerprint density at radius 1 is 1.56 bits per heavy atom. The predicted octanol–water partition coefficient (Wildman–Crippen LogP) is 0.537. The van der Waals surface area contributed by atoms with Crippen LogP contribution in [0.2, 0.25) is 0 Å². The summed E-state index contributed by atoms with van der Waals surface area (Å²) >= 11 is 0. The molecule has 0 bridgehead atoms. The minimum absolute atomic E-state index is 0.260. The van der Waals surface area contributed by atoms with E-state index in [1.54, 1.807) is 0 Å². The number of nitrogens with zero attached hydrogens (tertiary/aromatic N) is 2. The van der Waals surface area contributed by atoms with E-state index in [1.165, 1.54) is 6.42 Å². The highest BCUT2D eigenvalue weighted by atomic mass is 16.2. The van der Waals surface area contributed by atoms with Crippen LogP contribution in [0.15, 0.2) is 0 Å². The van der Waals surface area contributed by atoms with Crippen LogP contribution in [-0.4, -0.2) is 61.5 Å². The molecule has 0 aliphatic carbocycles. The number of rotatable bonds is 4. The maximum absolute atomic E-state index is 12.0. The Morgan fingerprint density at radius 2 is 2.25 bits per heavy atom. The van der Waals surface area contributed by atoms with Crippen molar-refractivity contribution in [1.29, 1.82) is 0 Å². The fraction of sp³-hybridized carbons (Fsp3) is 0.917. The van der Waals surface area contributed by atoms with Gasteiger partial charge in [-0.2, -0.15) is 0 Å². The van der Waals surface area contributed by atoms with E-state index in [2.05, 4.69) is 24.1 Å². The molecule has 0 radical (unpaired) electrons. The van der Waals surface area contributed by atoms with E-state index in [9.17, 15) is 4.79 Å². The fourth-order valence-corrected chi connectivity index (χ4v) is 1.94. The van der Waals surface area contributed by atoms with Crippen LogP contribution >= 0.6 is 0 Å². The second-order valence-corrected chi connectivity index (χ2v) is 4.98. The number of likely N-dealkylation sites (N-methyl/N-ethyl adjacent to an activating group) is 2. The maximum Gasteiger partial charge on any atom is 0.236 e. The minimum Gasteiger partial charge on any atom is -0.340 e. The lowest BCUT2D eigenvalue weighted by Gasteiger charge is -2.34. The zero-order valence-electron chi connectivity index (χ0n) is 11.0. The smallest absolute Gasteiger partial charge is 0.236 e. The number of nitrogens with one attached hydrogen (secondary N) is 1. The first-order chi connectivity index (χ1) is 7.54. The van der Waals surface area contributed by atoms with Crippen LogP contribution in [0.3, 0.4) is 0 Å². The summed E-state index contributed by atoms with van der Waals surface area (Å²) in [7, 11) is 3.97. The number of amides is 1. The Kier molecular flexibility index (Phi) is 5.22. The molecule has 1 aliphatic rings. The summed E-state index contributed by atoms with van der Waals surface area (Å²) in [6.45, 7) is 6.54. The third-order valence-electron chi connectivity index (χ3n) is 3.45. The standard InChI is InChI=1S/C12H25N3O/c1-10(2)14(4)9-12(16)15-7-5-6-11(8-15)13-3/h10-11,13H,5-9H2,1-4H3. The number of piperidine rings is 1. The summed E-state index contributed by atoms with van der Waals surface area (Å²) in [5, 5.41) is 3.26. The number of hydrogen-bond donors (Lipinski definition) is 1. The van der Waals surface area contributed by atoms with Gasteiger partial charge in [0.25, 0.3) is 0 Å². The van der Waals surface area contributed by atoms with Crippen molar-refractivity contribution < 1.29 is 4.79 Å². The Morgan fingerprint density at radius 3 is 2.81 bits per heavy atom. The van der Waals surface area contributed by atoms with E-state index in [0.717, 1.165) is 19.5 Å². The molecule has 0 saturated carbocycles. The number of carbonyl (C=O) groups excluding carboxylic acids is 1. The minimum atomic E-state index is 0.260. The molecule has 0 spiro atoms. The monoisotopic (exact) mass is 227 g/mol. The summed E-state index contributed by atoms with van der Waals surface area (Å²) in [4.78, 5) is 16.1. The van der Waals surface area contributed by atoms with E-state index in [0.29, 0.717) is 18.6 Å². The Hall–Kier alpha value is -0.610. The van der Waals surface area contributed by atoms with Crippen LogP contribution in [0.5, 0.6) is 0 Å². The molecule has 0 aromatic carbocycles. The van der Waals surface area contributed by atoms with Crippen molar-refractivity contribution in [2.75, 3.05) is 33.7 Å². The highest BCUT2D eigenvalue weighted by molar-refractivity contribution is 5.78. The van der Waals surface area contributed by atoms with Gasteiger partial charge in [-0.25, -0.2) is 0 Å². The van der Waals surface area contributed by atoms with E-state index < -0.39 is 0 Å². The van der Waals surface area contributed by atoms with Crippen LogP contribution in [0, 0.1) is 0 Å².